The van der Waals surface area contributed by atoms with Crippen LogP contribution in [0.1, 0.15) is 37.8 Å². The molecule has 0 radical (unpaired) electrons. The second kappa shape index (κ2) is 7.62. The van der Waals surface area contributed by atoms with Gasteiger partial charge in [0.25, 0.3) is 0 Å². The molecule has 1 rings (SSSR count). The van der Waals surface area contributed by atoms with Gasteiger partial charge >= 0.3 is 5.97 Å². The average Bonchev–Trinajstić information content (AvgIpc) is 2.46. The van der Waals surface area contributed by atoms with E-state index >= 15 is 0 Å². The number of methoxy groups -OCH3 is 1. The third-order valence-electron chi connectivity index (χ3n) is 3.29. The molecule has 0 heterocycles. The fraction of sp³-hybridized carbons (Fsp3) is 0.412. The van der Waals surface area contributed by atoms with Crippen LogP contribution >= 0.6 is 0 Å². The van der Waals surface area contributed by atoms with Crippen LogP contribution in [0.25, 0.3) is 6.08 Å². The summed E-state index contributed by atoms with van der Waals surface area (Å²) < 4.78 is 4.77. The van der Waals surface area contributed by atoms with Crippen LogP contribution in [0.4, 0.5) is 0 Å². The quantitative estimate of drug-likeness (QED) is 0.647. The molecule has 1 aromatic rings. The highest BCUT2D eigenvalue weighted by molar-refractivity contribution is 5.96. The lowest BCUT2D eigenvalue weighted by molar-refractivity contribution is -0.150. The molecule has 21 heavy (non-hydrogen) atoms. The highest BCUT2D eigenvalue weighted by Gasteiger charge is 2.34. The number of hydrogen-bond donors (Lipinski definition) is 1. The summed E-state index contributed by atoms with van der Waals surface area (Å²) >= 11 is 0. The van der Waals surface area contributed by atoms with Crippen molar-refractivity contribution in [3.63, 3.8) is 0 Å². The van der Waals surface area contributed by atoms with E-state index in [4.69, 9.17) is 4.74 Å². The van der Waals surface area contributed by atoms with Crippen LogP contribution in [0.5, 0.6) is 0 Å². The molecular weight excluding hydrogens is 266 g/mol. The van der Waals surface area contributed by atoms with Crippen molar-refractivity contribution in [2.24, 2.45) is 0 Å². The van der Waals surface area contributed by atoms with Gasteiger partial charge in [0, 0.05) is 6.08 Å². The fourth-order valence-corrected chi connectivity index (χ4v) is 2.10. The summed E-state index contributed by atoms with van der Waals surface area (Å²) in [7, 11) is 1.32. The maximum absolute atomic E-state index is 12.0. The van der Waals surface area contributed by atoms with Crippen molar-refractivity contribution in [3.05, 3.63) is 41.5 Å². The van der Waals surface area contributed by atoms with Crippen LogP contribution < -0.4 is 5.32 Å². The van der Waals surface area contributed by atoms with Crippen molar-refractivity contribution in [2.45, 2.75) is 39.2 Å². The number of carbonyl (C=O) groups excluding carboxylic acids is 2. The van der Waals surface area contributed by atoms with Gasteiger partial charge in [-0.1, -0.05) is 43.2 Å². The summed E-state index contributed by atoms with van der Waals surface area (Å²) in [5.74, 6) is -0.738. The Hall–Kier alpha value is -2.10. The minimum absolute atomic E-state index is 0.308. The summed E-state index contributed by atoms with van der Waals surface area (Å²) in [6.07, 6.45) is 4.46. The number of rotatable bonds is 6. The maximum Gasteiger partial charge on any atom is 0.331 e. The predicted molar refractivity (Wildman–Crippen MR) is 83.7 cm³/mol. The Balaban J connectivity index is 2.74. The summed E-state index contributed by atoms with van der Waals surface area (Å²) in [6, 6.07) is 7.83. The lowest BCUT2D eigenvalue weighted by Crippen LogP contribution is -2.52. The number of aryl methyl sites for hydroxylation is 1. The molecule has 114 valence electrons. The van der Waals surface area contributed by atoms with Gasteiger partial charge in [-0.25, -0.2) is 4.79 Å². The van der Waals surface area contributed by atoms with Gasteiger partial charge in [0.05, 0.1) is 7.11 Å². The molecule has 0 saturated heterocycles. The standard InChI is InChI=1S/C17H23NO3/c1-5-12-17(3,16(20)21-4)18-15(19)11-10-14-8-6-13(2)7-9-14/h6-11H,5,12H2,1-4H3,(H,18,19)/b11-10+. The zero-order chi connectivity index (χ0) is 15.9. The molecule has 0 aliphatic rings. The molecule has 0 bridgehead atoms. The Bertz CT molecular complexity index is 519. The van der Waals surface area contributed by atoms with E-state index in [2.05, 4.69) is 5.32 Å². The molecule has 1 atom stereocenters. The molecule has 1 aromatic carbocycles. The molecule has 0 aliphatic carbocycles. The Morgan fingerprint density at radius 3 is 2.43 bits per heavy atom. The van der Waals surface area contributed by atoms with E-state index in [0.717, 1.165) is 17.5 Å². The van der Waals surface area contributed by atoms with E-state index in [0.29, 0.717) is 6.42 Å². The summed E-state index contributed by atoms with van der Waals surface area (Å²) in [6.45, 7) is 5.64. The first kappa shape index (κ1) is 17.0. The topological polar surface area (TPSA) is 55.4 Å². The highest BCUT2D eigenvalue weighted by atomic mass is 16.5. The molecule has 0 saturated carbocycles. The predicted octanol–water partition coefficient (Wildman–Crippen LogP) is 2.86. The van der Waals surface area contributed by atoms with Crippen molar-refractivity contribution in [1.29, 1.82) is 0 Å². The largest absolute Gasteiger partial charge is 0.467 e. The Morgan fingerprint density at radius 2 is 1.90 bits per heavy atom. The third-order valence-corrected chi connectivity index (χ3v) is 3.29. The fourth-order valence-electron chi connectivity index (χ4n) is 2.10. The van der Waals surface area contributed by atoms with Gasteiger partial charge in [0.15, 0.2) is 0 Å². The van der Waals surface area contributed by atoms with Crippen LogP contribution in [0, 0.1) is 6.92 Å². The SMILES string of the molecule is CCCC(C)(NC(=O)/C=C/c1ccc(C)cc1)C(=O)OC. The smallest absolute Gasteiger partial charge is 0.331 e. The summed E-state index contributed by atoms with van der Waals surface area (Å²) in [5.41, 5.74) is 1.11. The first-order chi connectivity index (χ1) is 9.91. The number of ether oxygens (including phenoxy) is 1. The third kappa shape index (κ3) is 5.06. The van der Waals surface area contributed by atoms with E-state index in [1.165, 1.54) is 13.2 Å². The Morgan fingerprint density at radius 1 is 1.29 bits per heavy atom. The highest BCUT2D eigenvalue weighted by Crippen LogP contribution is 2.14. The normalized spacial score (nSPS) is 13.7. The van der Waals surface area contributed by atoms with Crippen molar-refractivity contribution < 1.29 is 14.3 Å². The van der Waals surface area contributed by atoms with Gasteiger partial charge in [-0.05, 0) is 31.9 Å². The van der Waals surface area contributed by atoms with Gasteiger partial charge in [0.1, 0.15) is 5.54 Å². The number of benzene rings is 1. The van der Waals surface area contributed by atoms with Gasteiger partial charge in [-0.15, -0.1) is 0 Å². The summed E-state index contributed by atoms with van der Waals surface area (Å²) in [4.78, 5) is 23.8. The number of carbonyl (C=O) groups is 2. The van der Waals surface area contributed by atoms with Crippen LogP contribution in [-0.2, 0) is 14.3 Å². The lowest BCUT2D eigenvalue weighted by Gasteiger charge is -2.26. The molecule has 1 amide bonds. The molecule has 1 N–H and O–H groups in total. The second-order valence-electron chi connectivity index (χ2n) is 5.31. The van der Waals surface area contributed by atoms with Crippen LogP contribution in [0.2, 0.25) is 0 Å². The van der Waals surface area contributed by atoms with E-state index in [1.807, 2.05) is 38.1 Å². The van der Waals surface area contributed by atoms with E-state index in [9.17, 15) is 9.59 Å². The Labute approximate surface area is 126 Å². The molecule has 1 unspecified atom stereocenters. The monoisotopic (exact) mass is 289 g/mol. The van der Waals surface area contributed by atoms with Crippen LogP contribution in [0.3, 0.4) is 0 Å². The molecule has 4 nitrogen and oxygen atoms in total. The van der Waals surface area contributed by atoms with Gasteiger partial charge in [-0.2, -0.15) is 0 Å². The van der Waals surface area contributed by atoms with Crippen molar-refractivity contribution in [3.8, 4) is 0 Å². The first-order valence-corrected chi connectivity index (χ1v) is 7.06. The zero-order valence-electron chi connectivity index (χ0n) is 13.1. The Kier molecular flexibility index (Phi) is 6.15. The van der Waals surface area contributed by atoms with Crippen molar-refractivity contribution in [2.75, 3.05) is 7.11 Å². The average molecular weight is 289 g/mol. The van der Waals surface area contributed by atoms with Gasteiger partial charge in [0.2, 0.25) is 5.91 Å². The molecule has 0 fully saturated rings. The minimum atomic E-state index is -0.988. The zero-order valence-corrected chi connectivity index (χ0v) is 13.1. The van der Waals surface area contributed by atoms with E-state index in [1.54, 1.807) is 13.0 Å². The number of hydrogen-bond acceptors (Lipinski definition) is 3. The molecule has 0 aliphatic heterocycles. The van der Waals surface area contributed by atoms with Gasteiger partial charge in [-0.3, -0.25) is 4.79 Å². The minimum Gasteiger partial charge on any atom is -0.467 e. The second-order valence-corrected chi connectivity index (χ2v) is 5.31. The van der Waals surface area contributed by atoms with E-state index < -0.39 is 11.5 Å². The van der Waals surface area contributed by atoms with Crippen LogP contribution in [-0.4, -0.2) is 24.5 Å². The molecule has 0 aromatic heterocycles. The van der Waals surface area contributed by atoms with Gasteiger partial charge < -0.3 is 10.1 Å². The molecule has 4 heteroatoms. The lowest BCUT2D eigenvalue weighted by atomic mass is 9.96. The van der Waals surface area contributed by atoms with Crippen molar-refractivity contribution >= 4 is 18.0 Å². The maximum atomic E-state index is 12.0. The number of nitrogens with one attached hydrogen (secondary N) is 1. The van der Waals surface area contributed by atoms with Crippen molar-refractivity contribution in [1.82, 2.24) is 5.32 Å². The summed E-state index contributed by atoms with van der Waals surface area (Å²) in [5, 5.41) is 2.73. The number of esters is 1. The molecular formula is C17H23NO3. The first-order valence-electron chi connectivity index (χ1n) is 7.06. The number of amides is 1. The molecule has 0 spiro atoms. The van der Waals surface area contributed by atoms with Crippen LogP contribution in [0.15, 0.2) is 30.3 Å². The van der Waals surface area contributed by atoms with E-state index in [-0.39, 0.29) is 5.91 Å².